The summed E-state index contributed by atoms with van der Waals surface area (Å²) < 4.78 is 9.43. The van der Waals surface area contributed by atoms with Crippen LogP contribution in [0.2, 0.25) is 0 Å². The second-order valence-electron chi connectivity index (χ2n) is 5.83. The Hall–Kier alpha value is -1.63. The number of rotatable bonds is 3. The van der Waals surface area contributed by atoms with Crippen molar-refractivity contribution in [1.82, 2.24) is 4.37 Å². The number of aryl methyl sites for hydroxylation is 1. The van der Waals surface area contributed by atoms with E-state index in [0.29, 0.717) is 10.7 Å². The van der Waals surface area contributed by atoms with E-state index in [0.717, 1.165) is 24.4 Å². The monoisotopic (exact) mass is 298 g/mol. The maximum atomic E-state index is 12.3. The third-order valence-electron chi connectivity index (χ3n) is 2.78. The minimum atomic E-state index is -1.07. The lowest BCUT2D eigenvalue weighted by molar-refractivity contribution is 0.0578. The molecule has 0 radical (unpaired) electrons. The molecule has 20 heavy (non-hydrogen) atoms. The van der Waals surface area contributed by atoms with Crippen LogP contribution < -0.4 is 4.90 Å². The molecule has 0 unspecified atom stereocenters. The Balaban J connectivity index is 2.35. The van der Waals surface area contributed by atoms with E-state index in [9.17, 15) is 14.7 Å². The lowest BCUT2D eigenvalue weighted by Gasteiger charge is -2.26. The van der Waals surface area contributed by atoms with Crippen LogP contribution in [0.15, 0.2) is 0 Å². The maximum absolute atomic E-state index is 12.3. The molecule has 2 rings (SSSR count). The van der Waals surface area contributed by atoms with Crippen LogP contribution in [0, 0.1) is 6.92 Å². The predicted octanol–water partition coefficient (Wildman–Crippen LogP) is 3.05. The summed E-state index contributed by atoms with van der Waals surface area (Å²) in [6, 6.07) is 0.0165. The Labute approximate surface area is 121 Å². The van der Waals surface area contributed by atoms with E-state index in [1.165, 1.54) is 4.90 Å². The number of carbonyl (C=O) groups is 2. The Kier molecular flexibility index (Phi) is 3.73. The normalized spacial score (nSPS) is 15.0. The highest BCUT2D eigenvalue weighted by molar-refractivity contribution is 7.11. The molecule has 1 heterocycles. The molecule has 0 spiro atoms. The number of hydrogen-bond acceptors (Lipinski definition) is 5. The van der Waals surface area contributed by atoms with Crippen molar-refractivity contribution in [3.63, 3.8) is 0 Å². The van der Waals surface area contributed by atoms with Gasteiger partial charge in [0, 0.05) is 6.04 Å². The Bertz CT molecular complexity index is 543. The number of hydrogen-bond donors (Lipinski definition) is 1. The van der Waals surface area contributed by atoms with Crippen LogP contribution in [0.3, 0.4) is 0 Å². The summed E-state index contributed by atoms with van der Waals surface area (Å²) in [4.78, 5) is 25.1. The summed E-state index contributed by atoms with van der Waals surface area (Å²) in [6.45, 7) is 6.98. The average molecular weight is 298 g/mol. The van der Waals surface area contributed by atoms with Gasteiger partial charge in [-0.15, -0.1) is 0 Å². The summed E-state index contributed by atoms with van der Waals surface area (Å²) in [7, 11) is 0. The van der Waals surface area contributed by atoms with Crippen LogP contribution in [0.1, 0.15) is 49.7 Å². The van der Waals surface area contributed by atoms with Crippen molar-refractivity contribution in [2.45, 2.75) is 52.2 Å². The van der Waals surface area contributed by atoms with Crippen LogP contribution in [0.5, 0.6) is 0 Å². The van der Waals surface area contributed by atoms with Crippen LogP contribution in [0.25, 0.3) is 0 Å². The van der Waals surface area contributed by atoms with E-state index in [1.54, 1.807) is 27.7 Å². The quantitative estimate of drug-likeness (QED) is 0.927. The van der Waals surface area contributed by atoms with Gasteiger partial charge in [0.15, 0.2) is 0 Å². The lowest BCUT2D eigenvalue weighted by atomic mass is 10.2. The van der Waals surface area contributed by atoms with Gasteiger partial charge in [-0.2, -0.15) is 4.37 Å². The first kappa shape index (κ1) is 14.8. The second-order valence-corrected chi connectivity index (χ2v) is 6.59. The molecule has 0 aliphatic heterocycles. The predicted molar refractivity (Wildman–Crippen MR) is 75.5 cm³/mol. The summed E-state index contributed by atoms with van der Waals surface area (Å²) in [5, 5.41) is 9.66. The molecule has 1 amide bonds. The fraction of sp³-hybridized carbons (Fsp3) is 0.615. The molecule has 1 N–H and O–H groups in total. The number of carboxylic acid groups (broad SMARTS) is 1. The Morgan fingerprint density at radius 1 is 1.40 bits per heavy atom. The highest BCUT2D eigenvalue weighted by Crippen LogP contribution is 2.38. The van der Waals surface area contributed by atoms with Gasteiger partial charge in [0.25, 0.3) is 0 Å². The van der Waals surface area contributed by atoms with Crippen molar-refractivity contribution in [3.8, 4) is 0 Å². The van der Waals surface area contributed by atoms with Crippen molar-refractivity contribution < 1.29 is 19.4 Å². The standard InChI is InChI=1S/C13H18N2O4S/c1-7-9(11(16)17)10(20-14-7)15(8-5-6-8)12(18)19-13(2,3)4/h8H,5-6H2,1-4H3,(H,16,17). The van der Waals surface area contributed by atoms with Crippen molar-refractivity contribution in [2.24, 2.45) is 0 Å². The molecule has 1 saturated carbocycles. The van der Waals surface area contributed by atoms with Gasteiger partial charge in [-0.3, -0.25) is 4.90 Å². The van der Waals surface area contributed by atoms with Gasteiger partial charge in [-0.05, 0) is 52.1 Å². The molecule has 1 aromatic rings. The zero-order valence-electron chi connectivity index (χ0n) is 12.0. The van der Waals surface area contributed by atoms with Crippen molar-refractivity contribution >= 4 is 28.6 Å². The van der Waals surface area contributed by atoms with Crippen molar-refractivity contribution in [1.29, 1.82) is 0 Å². The van der Waals surface area contributed by atoms with Gasteiger partial charge in [0.2, 0.25) is 0 Å². The molecule has 1 aliphatic carbocycles. The van der Waals surface area contributed by atoms with Gasteiger partial charge in [0.05, 0.1) is 5.69 Å². The molecule has 0 saturated heterocycles. The number of aromatic nitrogens is 1. The third kappa shape index (κ3) is 3.09. The molecule has 1 aliphatic rings. The Morgan fingerprint density at radius 2 is 2.00 bits per heavy atom. The summed E-state index contributed by atoms with van der Waals surface area (Å²) in [5.41, 5.74) is -0.104. The number of anilines is 1. The summed E-state index contributed by atoms with van der Waals surface area (Å²) >= 11 is 1.03. The fourth-order valence-corrected chi connectivity index (χ4v) is 2.76. The van der Waals surface area contributed by atoms with Crippen molar-refractivity contribution in [3.05, 3.63) is 11.3 Å². The number of aromatic carboxylic acids is 1. The number of carbonyl (C=O) groups excluding carboxylic acids is 1. The summed E-state index contributed by atoms with van der Waals surface area (Å²) in [6.07, 6.45) is 1.20. The number of ether oxygens (including phenoxy) is 1. The minimum absolute atomic E-state index is 0.0165. The first-order chi connectivity index (χ1) is 9.20. The summed E-state index contributed by atoms with van der Waals surface area (Å²) in [5.74, 6) is -1.07. The van der Waals surface area contributed by atoms with E-state index in [2.05, 4.69) is 4.37 Å². The molecule has 7 heteroatoms. The highest BCUT2D eigenvalue weighted by atomic mass is 32.1. The van der Waals surface area contributed by atoms with E-state index in [-0.39, 0.29) is 11.6 Å². The average Bonchev–Trinajstić information content (AvgIpc) is 3.00. The number of carboxylic acids is 1. The van der Waals surface area contributed by atoms with Gasteiger partial charge < -0.3 is 9.84 Å². The van der Waals surface area contributed by atoms with Crippen LogP contribution >= 0.6 is 11.5 Å². The van der Waals surface area contributed by atoms with Crippen LogP contribution in [0.4, 0.5) is 9.80 Å². The first-order valence-electron chi connectivity index (χ1n) is 6.42. The molecule has 0 bridgehead atoms. The first-order valence-corrected chi connectivity index (χ1v) is 7.20. The van der Waals surface area contributed by atoms with Crippen LogP contribution in [-0.4, -0.2) is 33.2 Å². The van der Waals surface area contributed by atoms with Gasteiger partial charge in [0.1, 0.15) is 16.2 Å². The van der Waals surface area contributed by atoms with Gasteiger partial charge in [-0.1, -0.05) is 0 Å². The molecule has 0 atom stereocenters. The molecule has 1 fully saturated rings. The molecule has 1 aromatic heterocycles. The van der Waals surface area contributed by atoms with E-state index in [4.69, 9.17) is 4.74 Å². The highest BCUT2D eigenvalue weighted by Gasteiger charge is 2.40. The minimum Gasteiger partial charge on any atom is -0.478 e. The van der Waals surface area contributed by atoms with Gasteiger partial charge >= 0.3 is 12.1 Å². The topological polar surface area (TPSA) is 79.7 Å². The molecule has 0 aromatic carbocycles. The third-order valence-corrected chi connectivity index (χ3v) is 3.72. The Morgan fingerprint density at radius 3 is 2.45 bits per heavy atom. The van der Waals surface area contributed by atoms with E-state index in [1.807, 2.05) is 0 Å². The number of amides is 1. The molecule has 110 valence electrons. The molecular weight excluding hydrogens is 280 g/mol. The zero-order valence-corrected chi connectivity index (χ0v) is 12.8. The SMILES string of the molecule is Cc1nsc(N(C(=O)OC(C)(C)C)C2CC2)c1C(=O)O. The zero-order chi connectivity index (χ0) is 15.1. The molecular formula is C13H18N2O4S. The van der Waals surface area contributed by atoms with E-state index < -0.39 is 17.7 Å². The maximum Gasteiger partial charge on any atom is 0.415 e. The lowest BCUT2D eigenvalue weighted by Crippen LogP contribution is -2.38. The fourth-order valence-electron chi connectivity index (χ4n) is 1.81. The second kappa shape index (κ2) is 5.05. The van der Waals surface area contributed by atoms with Gasteiger partial charge in [-0.25, -0.2) is 9.59 Å². The van der Waals surface area contributed by atoms with E-state index >= 15 is 0 Å². The smallest absolute Gasteiger partial charge is 0.415 e. The largest absolute Gasteiger partial charge is 0.478 e. The number of nitrogens with zero attached hydrogens (tertiary/aromatic N) is 2. The molecule has 6 nitrogen and oxygen atoms in total. The van der Waals surface area contributed by atoms with Crippen LogP contribution in [-0.2, 0) is 4.74 Å². The van der Waals surface area contributed by atoms with Crippen molar-refractivity contribution in [2.75, 3.05) is 4.90 Å².